The Morgan fingerprint density at radius 3 is 1.68 bits per heavy atom. The van der Waals surface area contributed by atoms with E-state index in [1.807, 2.05) is 70.2 Å². The number of Topliss-reactive ketones (excluding diaryl/α,β-unsaturated/α-hetero) is 1. The molecule has 72 heavy (non-hydrogen) atoms. The fourth-order valence-electron chi connectivity index (χ4n) is 14.2. The average Bonchev–Trinajstić information content (AvgIpc) is 3.68. The first-order chi connectivity index (χ1) is 34.3. The van der Waals surface area contributed by atoms with Crippen LogP contribution in [0.15, 0.2) is 84.9 Å². The van der Waals surface area contributed by atoms with Crippen LogP contribution in [-0.2, 0) is 52.4 Å². The van der Waals surface area contributed by atoms with E-state index in [4.69, 9.17) is 10.5 Å². The maximum atomic E-state index is 14.9. The number of fused-ring (bicyclic) bond motifs is 9. The van der Waals surface area contributed by atoms with Gasteiger partial charge in [-0.25, -0.2) is 4.79 Å². The van der Waals surface area contributed by atoms with Gasteiger partial charge in [-0.05, 0) is 149 Å². The van der Waals surface area contributed by atoms with Gasteiger partial charge in [0.1, 0.15) is 13.2 Å². The first kappa shape index (κ1) is 50.8. The van der Waals surface area contributed by atoms with Gasteiger partial charge in [0.2, 0.25) is 23.6 Å². The standard InChI is InChI=1S/C60H73N5O7/c1-35(2)52(61)48(66)30-36(3)53(68)64-40-23-19-38-21-25-50-58(5,47(38)32-40)27-13-29-60(50,7)55(70)65-54(69)59(6)28-12-26-57(4)46-31-39(22-18-37(46)20-24-49(57)59)63-51(67)33-62-56(71)72-34-45-43-16-10-8-14-41(43)42-15-9-11-17-44(42)45/h8-11,14-19,22-23,31-32,35-36,45,49-50,52H,12-13,20-21,24-30,33-34,61H2,1-7H3,(H,62,71)(H,63,67)(H,64,68)(H,65,69,70)/t36-,49-,50-,52+,57-,58-,59+,60+/m1/s1. The lowest BCUT2D eigenvalue weighted by Gasteiger charge is -2.56. The zero-order valence-corrected chi connectivity index (χ0v) is 43.2. The highest BCUT2D eigenvalue weighted by Crippen LogP contribution is 2.60. The molecule has 5 aliphatic carbocycles. The largest absolute Gasteiger partial charge is 0.449 e. The summed E-state index contributed by atoms with van der Waals surface area (Å²) in [5, 5.41) is 11.7. The summed E-state index contributed by atoms with van der Waals surface area (Å²) >= 11 is 0. The molecule has 0 aromatic heterocycles. The van der Waals surface area contributed by atoms with E-state index in [2.05, 4.69) is 77.6 Å². The molecule has 8 atom stereocenters. The Morgan fingerprint density at radius 1 is 0.667 bits per heavy atom. The molecule has 0 saturated heterocycles. The van der Waals surface area contributed by atoms with Gasteiger partial charge < -0.3 is 26.4 Å². The van der Waals surface area contributed by atoms with Crippen molar-refractivity contribution < 1.29 is 33.5 Å². The Labute approximate surface area is 424 Å². The zero-order valence-electron chi connectivity index (χ0n) is 43.2. The van der Waals surface area contributed by atoms with E-state index in [9.17, 15) is 28.8 Å². The van der Waals surface area contributed by atoms with Crippen molar-refractivity contribution in [2.75, 3.05) is 23.8 Å². The van der Waals surface area contributed by atoms with Crippen LogP contribution < -0.4 is 27.0 Å². The molecule has 2 saturated carbocycles. The third kappa shape index (κ3) is 9.17. The van der Waals surface area contributed by atoms with Crippen LogP contribution in [0, 0.1) is 34.5 Å². The minimum absolute atomic E-state index is 0.00718. The molecule has 0 unspecified atom stereocenters. The van der Waals surface area contributed by atoms with Crippen LogP contribution in [0.1, 0.15) is 146 Å². The van der Waals surface area contributed by atoms with Gasteiger partial charge in [0.05, 0.1) is 16.9 Å². The van der Waals surface area contributed by atoms with Gasteiger partial charge in [0.25, 0.3) is 0 Å². The van der Waals surface area contributed by atoms with Crippen LogP contribution in [0.3, 0.4) is 0 Å². The number of ether oxygens (including phenoxy) is 1. The number of hydrogen-bond donors (Lipinski definition) is 5. The molecular weight excluding hydrogens is 903 g/mol. The number of amides is 5. The number of benzene rings is 4. The molecule has 4 aromatic carbocycles. The van der Waals surface area contributed by atoms with Gasteiger partial charge in [-0.2, -0.15) is 0 Å². The van der Waals surface area contributed by atoms with E-state index in [1.165, 1.54) is 11.1 Å². The van der Waals surface area contributed by atoms with Crippen molar-refractivity contribution in [3.8, 4) is 11.1 Å². The number of ketones is 1. The topological polar surface area (TPSA) is 186 Å². The lowest BCUT2D eigenvalue weighted by Crippen LogP contribution is -2.60. The second-order valence-electron chi connectivity index (χ2n) is 23.1. The minimum atomic E-state index is -0.811. The van der Waals surface area contributed by atoms with Crippen LogP contribution in [-0.4, -0.2) is 54.7 Å². The van der Waals surface area contributed by atoms with Gasteiger partial charge in [0.15, 0.2) is 5.78 Å². The molecule has 5 amide bonds. The summed E-state index contributed by atoms with van der Waals surface area (Å²) in [4.78, 5) is 82.0. The maximum absolute atomic E-state index is 14.9. The summed E-state index contributed by atoms with van der Waals surface area (Å²) in [6, 6.07) is 27.7. The Kier molecular flexibility index (Phi) is 13.9. The Bertz CT molecular complexity index is 2780. The second kappa shape index (κ2) is 19.7. The van der Waals surface area contributed by atoms with E-state index in [1.54, 1.807) is 6.92 Å². The third-order valence-corrected chi connectivity index (χ3v) is 18.3. The number of anilines is 2. The number of alkyl carbamates (subject to hydrolysis) is 1. The highest BCUT2D eigenvalue weighted by molar-refractivity contribution is 6.01. The summed E-state index contributed by atoms with van der Waals surface area (Å²) in [7, 11) is 0. The van der Waals surface area contributed by atoms with Crippen molar-refractivity contribution in [1.82, 2.24) is 10.6 Å². The molecule has 0 heterocycles. The van der Waals surface area contributed by atoms with E-state index >= 15 is 0 Å². The van der Waals surface area contributed by atoms with E-state index in [-0.39, 0.29) is 83.5 Å². The SMILES string of the molecule is CC(C)[C@H](N)C(=O)C[C@@H](C)C(=O)Nc1ccc2c(c1)[C@@]1(C)CCC[C@](C)(C(=O)NC(=O)[C@@]3(C)CCC[C@]4(C)c5cc(NC(=O)CNC(=O)OCC6c7ccccc7-c7ccccc76)ccc5CC[C@@H]34)[C@@H]1CC2. The van der Waals surface area contributed by atoms with Crippen molar-refractivity contribution in [2.24, 2.45) is 40.2 Å². The molecule has 12 nitrogen and oxygen atoms in total. The number of carbonyl (C=O) groups excluding carboxylic acids is 6. The lowest BCUT2D eigenvalue weighted by atomic mass is 9.49. The average molecular weight is 976 g/mol. The first-order valence-corrected chi connectivity index (χ1v) is 26.4. The molecular formula is C60H73N5O7. The van der Waals surface area contributed by atoms with Crippen LogP contribution in [0.25, 0.3) is 11.1 Å². The number of aryl methyl sites for hydroxylation is 2. The number of carbonyl (C=O) groups is 6. The number of nitrogens with two attached hydrogens (primary N) is 1. The molecule has 5 aliphatic rings. The quantitative estimate of drug-likeness (QED) is 0.0820. The van der Waals surface area contributed by atoms with Gasteiger partial charge >= 0.3 is 6.09 Å². The molecule has 380 valence electrons. The summed E-state index contributed by atoms with van der Waals surface area (Å²) < 4.78 is 5.66. The fraction of sp³-hybridized carbons (Fsp3) is 0.500. The van der Waals surface area contributed by atoms with Crippen molar-refractivity contribution in [2.45, 2.75) is 142 Å². The van der Waals surface area contributed by atoms with Gasteiger partial charge in [0, 0.05) is 29.6 Å². The Morgan fingerprint density at radius 2 is 1.17 bits per heavy atom. The van der Waals surface area contributed by atoms with Gasteiger partial charge in [-0.15, -0.1) is 0 Å². The van der Waals surface area contributed by atoms with Gasteiger partial charge in [-0.1, -0.05) is 122 Å². The zero-order chi connectivity index (χ0) is 51.3. The lowest BCUT2D eigenvalue weighted by molar-refractivity contribution is -0.150. The number of nitrogens with one attached hydrogen (secondary N) is 4. The summed E-state index contributed by atoms with van der Waals surface area (Å²) in [6.45, 7) is 14.0. The normalized spacial score (nSPS) is 26.7. The first-order valence-electron chi connectivity index (χ1n) is 26.4. The number of rotatable bonds is 13. The monoisotopic (exact) mass is 976 g/mol. The number of hydrogen-bond acceptors (Lipinski definition) is 8. The molecule has 12 heteroatoms. The second-order valence-corrected chi connectivity index (χ2v) is 23.1. The Hall–Kier alpha value is -6.14. The van der Waals surface area contributed by atoms with Crippen molar-refractivity contribution in [1.29, 1.82) is 0 Å². The van der Waals surface area contributed by atoms with E-state index < -0.39 is 28.9 Å². The van der Waals surface area contributed by atoms with Crippen LogP contribution in [0.5, 0.6) is 0 Å². The number of imide groups is 1. The molecule has 4 aromatic rings. The van der Waals surface area contributed by atoms with Crippen molar-refractivity contribution in [3.63, 3.8) is 0 Å². The molecule has 6 N–H and O–H groups in total. The smallest absolute Gasteiger partial charge is 0.407 e. The highest BCUT2D eigenvalue weighted by Gasteiger charge is 2.58. The molecule has 0 spiro atoms. The van der Waals surface area contributed by atoms with Crippen molar-refractivity contribution >= 4 is 46.9 Å². The van der Waals surface area contributed by atoms with Crippen LogP contribution in [0.2, 0.25) is 0 Å². The minimum Gasteiger partial charge on any atom is -0.449 e. The molecule has 9 rings (SSSR count). The summed E-state index contributed by atoms with van der Waals surface area (Å²) in [5.41, 5.74) is 14.1. The molecule has 2 fully saturated rings. The maximum Gasteiger partial charge on any atom is 0.407 e. The summed E-state index contributed by atoms with van der Waals surface area (Å²) in [5.74, 6) is -1.89. The molecule has 0 aliphatic heterocycles. The van der Waals surface area contributed by atoms with Crippen molar-refractivity contribution in [3.05, 3.63) is 118 Å². The van der Waals surface area contributed by atoms with E-state index in [0.717, 1.165) is 84.7 Å². The van der Waals surface area contributed by atoms with Crippen LogP contribution >= 0.6 is 0 Å². The predicted molar refractivity (Wildman–Crippen MR) is 280 cm³/mol. The highest BCUT2D eigenvalue weighted by atomic mass is 16.5. The fourth-order valence-corrected chi connectivity index (χ4v) is 14.2. The third-order valence-electron chi connectivity index (χ3n) is 18.3. The van der Waals surface area contributed by atoms with E-state index in [0.29, 0.717) is 24.2 Å². The summed E-state index contributed by atoms with van der Waals surface area (Å²) in [6.07, 6.45) is 7.27. The van der Waals surface area contributed by atoms with Gasteiger partial charge in [-0.3, -0.25) is 29.3 Å². The molecule has 0 bridgehead atoms. The Balaban J connectivity index is 0.834. The van der Waals surface area contributed by atoms with Crippen LogP contribution in [0.4, 0.5) is 16.2 Å². The molecule has 0 radical (unpaired) electrons. The predicted octanol–water partition coefficient (Wildman–Crippen LogP) is 10.0.